The summed E-state index contributed by atoms with van der Waals surface area (Å²) in [6, 6.07) is 15.6. The third-order valence-corrected chi connectivity index (χ3v) is 6.91. The highest BCUT2D eigenvalue weighted by atomic mass is 79.9. The number of ether oxygens (including phenoxy) is 2. The van der Waals surface area contributed by atoms with E-state index in [-0.39, 0.29) is 18.1 Å². The molecule has 37 heavy (non-hydrogen) atoms. The summed E-state index contributed by atoms with van der Waals surface area (Å²) in [5, 5.41) is 8.40. The molecule has 0 saturated carbocycles. The Bertz CT molecular complexity index is 1450. The van der Waals surface area contributed by atoms with Crippen LogP contribution in [0.5, 0.6) is 0 Å². The van der Waals surface area contributed by atoms with E-state index in [0.29, 0.717) is 30.8 Å². The van der Waals surface area contributed by atoms with Crippen molar-refractivity contribution in [1.82, 2.24) is 14.8 Å². The Hall–Kier alpha value is -3.56. The number of esters is 1. The Morgan fingerprint density at radius 1 is 1.14 bits per heavy atom. The normalized spacial score (nSPS) is 15.5. The molecule has 0 spiro atoms. The predicted octanol–water partition coefficient (Wildman–Crippen LogP) is 5.92. The maximum atomic E-state index is 13.4. The maximum absolute atomic E-state index is 13.4. The molecule has 1 aliphatic rings. The molecule has 1 aliphatic heterocycles. The number of fused-ring (bicyclic) bond motifs is 1. The number of methoxy groups -OCH3 is 1. The Morgan fingerprint density at radius 2 is 2.03 bits per heavy atom. The fraction of sp³-hybridized carbons (Fsp3) is 0.286. The molecule has 0 bridgehead atoms. The summed E-state index contributed by atoms with van der Waals surface area (Å²) in [5.41, 5.74) is 4.57. The summed E-state index contributed by atoms with van der Waals surface area (Å²) in [4.78, 5) is 29.2. The maximum Gasteiger partial charge on any atom is 0.305 e. The van der Waals surface area contributed by atoms with Crippen LogP contribution in [-0.4, -0.2) is 40.4 Å². The average Bonchev–Trinajstić information content (AvgIpc) is 3.31. The van der Waals surface area contributed by atoms with Crippen LogP contribution >= 0.6 is 15.9 Å². The highest BCUT2D eigenvalue weighted by molar-refractivity contribution is 9.10. The molecule has 1 amide bonds. The molecule has 1 fully saturated rings. The van der Waals surface area contributed by atoms with Gasteiger partial charge in [0.25, 0.3) is 5.91 Å². The van der Waals surface area contributed by atoms with E-state index >= 15 is 0 Å². The molecule has 2 aromatic carbocycles. The lowest BCUT2D eigenvalue weighted by Crippen LogP contribution is -2.20. The first-order chi connectivity index (χ1) is 18.0. The number of aromatic nitrogens is 3. The largest absolute Gasteiger partial charge is 0.469 e. The van der Waals surface area contributed by atoms with Crippen molar-refractivity contribution in [1.29, 1.82) is 0 Å². The molecule has 0 radical (unpaired) electrons. The number of pyridine rings is 1. The molecule has 1 atom stereocenters. The number of benzene rings is 2. The lowest BCUT2D eigenvalue weighted by molar-refractivity contribution is -0.140. The smallest absolute Gasteiger partial charge is 0.305 e. The SMILES string of the molecule is COC(=O)CCc1cccc(-c2cncc(NC(=O)c3nn(C4CCCCO4)c4ccc(Br)cc34)c2)c1. The van der Waals surface area contributed by atoms with E-state index in [2.05, 4.69) is 31.3 Å². The van der Waals surface area contributed by atoms with Crippen molar-refractivity contribution < 1.29 is 19.1 Å². The summed E-state index contributed by atoms with van der Waals surface area (Å²) in [6.45, 7) is 0.687. The second kappa shape index (κ2) is 11.2. The Balaban J connectivity index is 1.39. The highest BCUT2D eigenvalue weighted by Gasteiger charge is 2.24. The summed E-state index contributed by atoms with van der Waals surface area (Å²) < 4.78 is 13.4. The van der Waals surface area contributed by atoms with Crippen LogP contribution < -0.4 is 5.32 Å². The number of amides is 1. The van der Waals surface area contributed by atoms with Gasteiger partial charge in [0.15, 0.2) is 11.9 Å². The first kappa shape index (κ1) is 25.1. The van der Waals surface area contributed by atoms with Gasteiger partial charge < -0.3 is 14.8 Å². The molecule has 3 heterocycles. The fourth-order valence-electron chi connectivity index (χ4n) is 4.53. The van der Waals surface area contributed by atoms with E-state index in [1.54, 1.807) is 12.4 Å². The van der Waals surface area contributed by atoms with Gasteiger partial charge in [-0.1, -0.05) is 40.2 Å². The third kappa shape index (κ3) is 5.73. The quantitative estimate of drug-likeness (QED) is 0.281. The van der Waals surface area contributed by atoms with Gasteiger partial charge in [-0.15, -0.1) is 0 Å². The zero-order chi connectivity index (χ0) is 25.8. The molecular weight excluding hydrogens is 536 g/mol. The monoisotopic (exact) mass is 562 g/mol. The van der Waals surface area contributed by atoms with Crippen molar-refractivity contribution in [3.05, 3.63) is 76.7 Å². The van der Waals surface area contributed by atoms with E-state index in [1.165, 1.54) is 7.11 Å². The lowest BCUT2D eigenvalue weighted by Gasteiger charge is -2.23. The van der Waals surface area contributed by atoms with Crippen molar-refractivity contribution >= 4 is 44.4 Å². The summed E-state index contributed by atoms with van der Waals surface area (Å²) in [7, 11) is 1.39. The van der Waals surface area contributed by atoms with Crippen LogP contribution in [0.25, 0.3) is 22.0 Å². The van der Waals surface area contributed by atoms with Gasteiger partial charge in [0, 0.05) is 34.6 Å². The number of anilines is 1. The minimum atomic E-state index is -0.316. The van der Waals surface area contributed by atoms with Crippen LogP contribution in [0.1, 0.15) is 48.0 Å². The second-order valence-corrected chi connectivity index (χ2v) is 9.88. The van der Waals surface area contributed by atoms with Crippen LogP contribution in [0.3, 0.4) is 0 Å². The van der Waals surface area contributed by atoms with Crippen molar-refractivity contribution in [2.24, 2.45) is 0 Å². The summed E-state index contributed by atoms with van der Waals surface area (Å²) >= 11 is 3.52. The number of halogens is 1. The number of carbonyl (C=O) groups is 2. The van der Waals surface area contributed by atoms with E-state index in [9.17, 15) is 9.59 Å². The molecule has 8 nitrogen and oxygen atoms in total. The number of rotatable bonds is 7. The number of nitrogens with zero attached hydrogens (tertiary/aromatic N) is 3. The molecule has 5 rings (SSSR count). The molecule has 4 aromatic rings. The van der Waals surface area contributed by atoms with Crippen LogP contribution in [0.4, 0.5) is 5.69 Å². The van der Waals surface area contributed by atoms with Gasteiger partial charge >= 0.3 is 5.97 Å². The van der Waals surface area contributed by atoms with Crippen molar-refractivity contribution in [2.75, 3.05) is 19.0 Å². The molecule has 1 unspecified atom stereocenters. The topological polar surface area (TPSA) is 95.3 Å². The van der Waals surface area contributed by atoms with E-state index < -0.39 is 0 Å². The summed E-state index contributed by atoms with van der Waals surface area (Å²) in [6.07, 6.45) is 7.03. The van der Waals surface area contributed by atoms with Gasteiger partial charge in [0.2, 0.25) is 0 Å². The first-order valence-corrected chi connectivity index (χ1v) is 13.0. The highest BCUT2D eigenvalue weighted by Crippen LogP contribution is 2.30. The van der Waals surface area contributed by atoms with E-state index in [0.717, 1.165) is 51.3 Å². The van der Waals surface area contributed by atoms with Crippen molar-refractivity contribution in [3.8, 4) is 11.1 Å². The molecule has 1 N–H and O–H groups in total. The number of aryl methyl sites for hydroxylation is 1. The van der Waals surface area contributed by atoms with Gasteiger partial charge in [-0.2, -0.15) is 5.10 Å². The molecular formula is C28H27BrN4O4. The molecule has 0 aliphatic carbocycles. The summed E-state index contributed by atoms with van der Waals surface area (Å²) in [5.74, 6) is -0.558. The van der Waals surface area contributed by atoms with Gasteiger partial charge in [0.1, 0.15) is 0 Å². The van der Waals surface area contributed by atoms with E-state index in [4.69, 9.17) is 9.47 Å². The standard InChI is InChI=1S/C28H27BrN4O4/c1-36-26(34)11-8-18-5-4-6-19(13-18)20-14-22(17-30-16-20)31-28(35)27-23-15-21(29)9-10-24(23)33(32-27)25-7-2-3-12-37-25/h4-6,9-10,13-17,25H,2-3,7-8,11-12H2,1H3,(H,31,35). The van der Waals surface area contributed by atoms with Gasteiger partial charge in [0.05, 0.1) is 24.5 Å². The number of hydrogen-bond acceptors (Lipinski definition) is 6. The zero-order valence-corrected chi connectivity index (χ0v) is 22.0. The van der Waals surface area contributed by atoms with E-state index in [1.807, 2.05) is 53.2 Å². The second-order valence-electron chi connectivity index (χ2n) is 8.97. The van der Waals surface area contributed by atoms with Crippen molar-refractivity contribution in [3.63, 3.8) is 0 Å². The molecule has 9 heteroatoms. The van der Waals surface area contributed by atoms with Crippen molar-refractivity contribution in [2.45, 2.75) is 38.3 Å². The van der Waals surface area contributed by atoms with Crippen LogP contribution in [0, 0.1) is 0 Å². The van der Waals surface area contributed by atoms with Gasteiger partial charge in [-0.3, -0.25) is 14.6 Å². The Morgan fingerprint density at radius 3 is 2.84 bits per heavy atom. The Kier molecular flexibility index (Phi) is 7.62. The van der Waals surface area contributed by atoms with Gasteiger partial charge in [-0.25, -0.2) is 4.68 Å². The van der Waals surface area contributed by atoms with Gasteiger partial charge in [-0.05, 0) is 61.1 Å². The minimum absolute atomic E-state index is 0.185. The number of nitrogens with one attached hydrogen (secondary N) is 1. The number of carbonyl (C=O) groups excluding carboxylic acids is 2. The van der Waals surface area contributed by atoms with Crippen LogP contribution in [0.2, 0.25) is 0 Å². The average molecular weight is 563 g/mol. The predicted molar refractivity (Wildman–Crippen MR) is 144 cm³/mol. The van der Waals surface area contributed by atoms with Crippen LogP contribution in [0.15, 0.2) is 65.4 Å². The fourth-order valence-corrected chi connectivity index (χ4v) is 4.89. The first-order valence-electron chi connectivity index (χ1n) is 12.2. The molecule has 1 saturated heterocycles. The van der Waals surface area contributed by atoms with Crippen LogP contribution in [-0.2, 0) is 20.7 Å². The molecule has 190 valence electrons. The molecule has 2 aromatic heterocycles. The lowest BCUT2D eigenvalue weighted by atomic mass is 10.0. The Labute approximate surface area is 223 Å². The third-order valence-electron chi connectivity index (χ3n) is 6.41. The number of hydrogen-bond donors (Lipinski definition) is 1. The minimum Gasteiger partial charge on any atom is -0.469 e. The zero-order valence-electron chi connectivity index (χ0n) is 20.4.